The third-order valence-corrected chi connectivity index (χ3v) is 6.81. The van der Waals surface area contributed by atoms with Gasteiger partial charge in [-0.2, -0.15) is 0 Å². The van der Waals surface area contributed by atoms with Crippen LogP contribution in [0.3, 0.4) is 0 Å². The summed E-state index contributed by atoms with van der Waals surface area (Å²) in [6, 6.07) is 17.8. The molecule has 1 heterocycles. The minimum atomic E-state index is -0.551. The minimum absolute atomic E-state index is 0.0346. The molecule has 2 aliphatic rings. The molecule has 0 bridgehead atoms. The first-order valence-corrected chi connectivity index (χ1v) is 10.7. The van der Waals surface area contributed by atoms with Crippen molar-refractivity contribution in [2.45, 2.75) is 36.8 Å². The normalized spacial score (nSPS) is 25.6. The number of amides is 3. The maximum atomic E-state index is 13.0. The molecular formula is C24H30N4O3. The summed E-state index contributed by atoms with van der Waals surface area (Å²) in [7, 11) is 4.27. The number of para-hydroxylation sites is 2. The van der Waals surface area contributed by atoms with Crippen molar-refractivity contribution in [3.05, 3.63) is 60.2 Å². The van der Waals surface area contributed by atoms with E-state index >= 15 is 0 Å². The second kappa shape index (κ2) is 8.23. The first-order chi connectivity index (χ1) is 14.9. The topological polar surface area (TPSA) is 87.9 Å². The van der Waals surface area contributed by atoms with Crippen molar-refractivity contribution in [2.24, 2.45) is 5.73 Å². The number of anilines is 1. The highest BCUT2D eigenvalue weighted by molar-refractivity contribution is 5.96. The number of hydrogen-bond acceptors (Lipinski definition) is 4. The molecule has 1 saturated heterocycles. The number of ether oxygens (including phenoxy) is 1. The Kier molecular flexibility index (Phi) is 5.62. The second-order valence-corrected chi connectivity index (χ2v) is 8.81. The van der Waals surface area contributed by atoms with Crippen LogP contribution in [0.15, 0.2) is 54.6 Å². The molecule has 0 aromatic heterocycles. The Morgan fingerprint density at radius 3 is 2.35 bits per heavy atom. The van der Waals surface area contributed by atoms with Crippen LogP contribution in [-0.4, -0.2) is 49.6 Å². The van der Waals surface area contributed by atoms with Gasteiger partial charge in [-0.05, 0) is 57.5 Å². The SMILES string of the molecule is CN(C)C1(c2ccccc2)CCC2(CC1)CN(c1ccccc1OCC(N)=O)C(=O)N2. The molecule has 3 N–H and O–H groups in total. The first-order valence-electron chi connectivity index (χ1n) is 10.7. The van der Waals surface area contributed by atoms with Crippen LogP contribution >= 0.6 is 0 Å². The molecule has 3 amide bonds. The predicted molar refractivity (Wildman–Crippen MR) is 120 cm³/mol. The fourth-order valence-electron chi connectivity index (χ4n) is 5.02. The number of rotatable bonds is 6. The zero-order valence-electron chi connectivity index (χ0n) is 18.1. The third-order valence-electron chi connectivity index (χ3n) is 6.81. The summed E-state index contributed by atoms with van der Waals surface area (Å²) < 4.78 is 5.55. The van der Waals surface area contributed by atoms with Crippen LogP contribution in [0.4, 0.5) is 10.5 Å². The van der Waals surface area contributed by atoms with Gasteiger partial charge in [0.05, 0.1) is 17.8 Å². The molecule has 2 aromatic carbocycles. The van der Waals surface area contributed by atoms with Gasteiger partial charge in [-0.15, -0.1) is 0 Å². The third kappa shape index (κ3) is 3.97. The van der Waals surface area contributed by atoms with Crippen LogP contribution < -0.4 is 20.7 Å². The number of nitrogens with zero attached hydrogens (tertiary/aromatic N) is 2. The lowest BCUT2D eigenvalue weighted by molar-refractivity contribution is -0.119. The van der Waals surface area contributed by atoms with Gasteiger partial charge in [-0.25, -0.2) is 4.79 Å². The minimum Gasteiger partial charge on any atom is -0.482 e. The van der Waals surface area contributed by atoms with Crippen LogP contribution in [0.25, 0.3) is 0 Å². The number of urea groups is 1. The fourth-order valence-corrected chi connectivity index (χ4v) is 5.02. The monoisotopic (exact) mass is 422 g/mol. The number of nitrogens with one attached hydrogen (secondary N) is 1. The number of carbonyl (C=O) groups excluding carboxylic acids is 2. The standard InChI is InChI=1S/C24H30N4O3/c1-27(2)24(18-8-4-3-5-9-18)14-12-23(13-15-24)17-28(22(30)26-23)19-10-6-7-11-20(19)31-16-21(25)29/h3-11H,12-17H2,1-2H3,(H2,25,29)(H,26,30). The van der Waals surface area contributed by atoms with Crippen molar-refractivity contribution >= 4 is 17.6 Å². The van der Waals surface area contributed by atoms with E-state index in [9.17, 15) is 9.59 Å². The molecule has 4 rings (SSSR count). The van der Waals surface area contributed by atoms with Gasteiger partial charge in [-0.3, -0.25) is 14.6 Å². The maximum absolute atomic E-state index is 13.0. The molecule has 2 aromatic rings. The second-order valence-electron chi connectivity index (χ2n) is 8.81. The Morgan fingerprint density at radius 1 is 1.06 bits per heavy atom. The van der Waals surface area contributed by atoms with Crippen LogP contribution in [0.2, 0.25) is 0 Å². The molecule has 0 unspecified atom stereocenters. The van der Waals surface area contributed by atoms with Gasteiger partial charge in [0.25, 0.3) is 5.91 Å². The molecule has 2 fully saturated rings. The van der Waals surface area contributed by atoms with Gasteiger partial charge in [0.15, 0.2) is 6.61 Å². The Labute approximate surface area is 183 Å². The van der Waals surface area contributed by atoms with Crippen LogP contribution in [-0.2, 0) is 10.3 Å². The number of primary amides is 1. The number of carbonyl (C=O) groups is 2. The Hall–Kier alpha value is -3.06. The average Bonchev–Trinajstić information content (AvgIpc) is 3.09. The molecule has 1 aliphatic heterocycles. The van der Waals surface area contributed by atoms with Crippen LogP contribution in [0.5, 0.6) is 5.75 Å². The largest absolute Gasteiger partial charge is 0.482 e. The summed E-state index contributed by atoms with van der Waals surface area (Å²) in [4.78, 5) is 28.1. The smallest absolute Gasteiger partial charge is 0.322 e. The van der Waals surface area contributed by atoms with Crippen molar-refractivity contribution < 1.29 is 14.3 Å². The predicted octanol–water partition coefficient (Wildman–Crippen LogP) is 2.85. The summed E-state index contributed by atoms with van der Waals surface area (Å²) >= 11 is 0. The molecule has 7 nitrogen and oxygen atoms in total. The molecule has 164 valence electrons. The van der Waals surface area contributed by atoms with E-state index in [0.717, 1.165) is 25.7 Å². The van der Waals surface area contributed by atoms with Crippen molar-refractivity contribution in [3.63, 3.8) is 0 Å². The van der Waals surface area contributed by atoms with Gasteiger partial charge in [-0.1, -0.05) is 42.5 Å². The Morgan fingerprint density at radius 2 is 1.71 bits per heavy atom. The number of benzene rings is 2. The lowest BCUT2D eigenvalue weighted by Crippen LogP contribution is -2.54. The van der Waals surface area contributed by atoms with E-state index in [2.05, 4.69) is 48.6 Å². The molecule has 1 spiro atoms. The van der Waals surface area contributed by atoms with Gasteiger partial charge >= 0.3 is 6.03 Å². The summed E-state index contributed by atoms with van der Waals surface area (Å²) in [5, 5.41) is 3.26. The van der Waals surface area contributed by atoms with E-state index < -0.39 is 5.91 Å². The molecule has 1 saturated carbocycles. The molecule has 0 atom stereocenters. The first kappa shape index (κ1) is 21.2. The van der Waals surface area contributed by atoms with E-state index in [-0.39, 0.29) is 23.7 Å². The lowest BCUT2D eigenvalue weighted by atomic mass is 9.69. The highest BCUT2D eigenvalue weighted by Crippen LogP contribution is 2.46. The van der Waals surface area contributed by atoms with E-state index in [0.29, 0.717) is 18.0 Å². The highest BCUT2D eigenvalue weighted by Gasteiger charge is 2.50. The van der Waals surface area contributed by atoms with Gasteiger partial charge < -0.3 is 15.8 Å². The molecule has 31 heavy (non-hydrogen) atoms. The van der Waals surface area contributed by atoms with Crippen LogP contribution in [0.1, 0.15) is 31.2 Å². The number of hydrogen-bond donors (Lipinski definition) is 2. The lowest BCUT2D eigenvalue weighted by Gasteiger charge is -2.48. The van der Waals surface area contributed by atoms with Crippen molar-refractivity contribution in [3.8, 4) is 5.75 Å². The van der Waals surface area contributed by atoms with Crippen molar-refractivity contribution in [2.75, 3.05) is 32.1 Å². The van der Waals surface area contributed by atoms with E-state index in [1.54, 1.807) is 11.0 Å². The van der Waals surface area contributed by atoms with E-state index in [4.69, 9.17) is 10.5 Å². The van der Waals surface area contributed by atoms with Crippen LogP contribution in [0, 0.1) is 0 Å². The Bertz CT molecular complexity index is 952. The summed E-state index contributed by atoms with van der Waals surface area (Å²) in [6.45, 7) is 0.348. The van der Waals surface area contributed by atoms with E-state index in [1.807, 2.05) is 24.3 Å². The van der Waals surface area contributed by atoms with Gasteiger partial charge in [0.2, 0.25) is 0 Å². The summed E-state index contributed by atoms with van der Waals surface area (Å²) in [5.74, 6) is -0.0680. The Balaban J connectivity index is 1.54. The molecular weight excluding hydrogens is 392 g/mol. The summed E-state index contributed by atoms with van der Waals surface area (Å²) in [6.07, 6.45) is 3.68. The van der Waals surface area contributed by atoms with Gasteiger partial charge in [0, 0.05) is 5.54 Å². The fraction of sp³-hybridized carbons (Fsp3) is 0.417. The quantitative estimate of drug-likeness (QED) is 0.749. The maximum Gasteiger partial charge on any atom is 0.322 e. The average molecular weight is 423 g/mol. The zero-order chi connectivity index (χ0) is 22.1. The molecule has 7 heteroatoms. The molecule has 1 aliphatic carbocycles. The molecule has 0 radical (unpaired) electrons. The summed E-state index contributed by atoms with van der Waals surface area (Å²) in [5.41, 5.74) is 6.89. The van der Waals surface area contributed by atoms with Gasteiger partial charge in [0.1, 0.15) is 5.75 Å². The number of nitrogens with two attached hydrogens (primary N) is 1. The van der Waals surface area contributed by atoms with Crippen molar-refractivity contribution in [1.82, 2.24) is 10.2 Å². The van der Waals surface area contributed by atoms with Crippen molar-refractivity contribution in [1.29, 1.82) is 0 Å². The zero-order valence-corrected chi connectivity index (χ0v) is 18.1. The van der Waals surface area contributed by atoms with E-state index in [1.165, 1.54) is 5.56 Å². The highest BCUT2D eigenvalue weighted by atomic mass is 16.5.